The lowest BCUT2D eigenvalue weighted by Gasteiger charge is -2.07. The zero-order valence-corrected chi connectivity index (χ0v) is 7.82. The molecule has 1 aromatic carbocycles. The van der Waals surface area contributed by atoms with Crippen LogP contribution in [0.5, 0.6) is 5.75 Å². The number of aliphatic hydroxyl groups excluding tert-OH is 1. The molecule has 1 aromatic rings. The van der Waals surface area contributed by atoms with Crippen molar-refractivity contribution in [3.8, 4) is 5.75 Å². The summed E-state index contributed by atoms with van der Waals surface area (Å²) in [6, 6.07) is 3.07. The molecule has 0 aliphatic heterocycles. The summed E-state index contributed by atoms with van der Waals surface area (Å²) in [6.45, 7) is 1.63. The molecule has 0 amide bonds. The van der Waals surface area contributed by atoms with Crippen LogP contribution >= 0.6 is 0 Å². The van der Waals surface area contributed by atoms with Gasteiger partial charge in [-0.05, 0) is 30.5 Å². The minimum Gasteiger partial charge on any atom is -0.507 e. The first-order valence-corrected chi connectivity index (χ1v) is 4.23. The molecular formula is C11H16O4. The number of aliphatic hydroxyl groups is 1. The fourth-order valence-electron chi connectivity index (χ4n) is 1.33. The molecule has 0 radical (unpaired) electrons. The van der Waals surface area contributed by atoms with Gasteiger partial charge in [-0.15, -0.1) is 0 Å². The topological polar surface area (TPSA) is 77.8 Å². The van der Waals surface area contributed by atoms with E-state index in [0.29, 0.717) is 5.56 Å². The van der Waals surface area contributed by atoms with Gasteiger partial charge < -0.3 is 15.3 Å². The van der Waals surface area contributed by atoms with Gasteiger partial charge in [0.15, 0.2) is 0 Å². The van der Waals surface area contributed by atoms with Gasteiger partial charge in [-0.2, -0.15) is 0 Å². The second kappa shape index (κ2) is 5.36. The molecule has 0 bridgehead atoms. The van der Waals surface area contributed by atoms with E-state index in [1.165, 1.54) is 6.07 Å². The van der Waals surface area contributed by atoms with E-state index in [-0.39, 0.29) is 31.8 Å². The van der Waals surface area contributed by atoms with Crippen LogP contribution in [0.3, 0.4) is 0 Å². The Balaban J connectivity index is 0.00000196. The number of phenols is 1. The number of hydrogen-bond donors (Lipinski definition) is 3. The van der Waals surface area contributed by atoms with E-state index >= 15 is 0 Å². The number of aromatic carboxylic acids is 1. The molecule has 0 spiro atoms. The quantitative estimate of drug-likeness (QED) is 0.710. The highest BCUT2D eigenvalue weighted by Crippen LogP contribution is 2.24. The Morgan fingerprint density at radius 3 is 2.47 bits per heavy atom. The van der Waals surface area contributed by atoms with E-state index in [1.807, 2.05) is 0 Å². The lowest BCUT2D eigenvalue weighted by atomic mass is 10.0. The third-order valence-electron chi connectivity index (χ3n) is 1.94. The summed E-state index contributed by atoms with van der Waals surface area (Å²) in [7, 11) is 0. The van der Waals surface area contributed by atoms with Gasteiger partial charge in [0.25, 0.3) is 0 Å². The second-order valence-electron chi connectivity index (χ2n) is 3.10. The predicted molar refractivity (Wildman–Crippen MR) is 57.3 cm³/mol. The molecule has 4 heteroatoms. The summed E-state index contributed by atoms with van der Waals surface area (Å²) in [6.07, 6.45) is 0.258. The fourth-order valence-corrected chi connectivity index (χ4v) is 1.33. The molecule has 15 heavy (non-hydrogen) atoms. The summed E-state index contributed by atoms with van der Waals surface area (Å²) in [4.78, 5) is 10.7. The van der Waals surface area contributed by atoms with Gasteiger partial charge in [0.1, 0.15) is 11.3 Å². The Kier molecular flexibility index (Phi) is 4.81. The summed E-state index contributed by atoms with van der Waals surface area (Å²) >= 11 is 0. The van der Waals surface area contributed by atoms with Gasteiger partial charge >= 0.3 is 5.97 Å². The van der Waals surface area contributed by atoms with E-state index in [0.717, 1.165) is 5.56 Å². The molecule has 0 aliphatic rings. The zero-order valence-electron chi connectivity index (χ0n) is 7.82. The standard InChI is InChI=1S/C10H12O4.CH4/c1-6-4-7(2-3-11)9(12)8(5-6)10(13)14;/h4-5,11-12H,2-3H2,1H3,(H,13,14);1H4. The fraction of sp³-hybridized carbons (Fsp3) is 0.364. The Morgan fingerprint density at radius 1 is 1.40 bits per heavy atom. The van der Waals surface area contributed by atoms with Crippen LogP contribution in [-0.4, -0.2) is 27.9 Å². The molecule has 3 N–H and O–H groups in total. The van der Waals surface area contributed by atoms with Crippen molar-refractivity contribution in [2.24, 2.45) is 0 Å². The summed E-state index contributed by atoms with van der Waals surface area (Å²) < 4.78 is 0. The number of benzene rings is 1. The van der Waals surface area contributed by atoms with Crippen molar-refractivity contribution >= 4 is 5.97 Å². The van der Waals surface area contributed by atoms with Crippen molar-refractivity contribution < 1.29 is 20.1 Å². The van der Waals surface area contributed by atoms with Crippen LogP contribution in [0.2, 0.25) is 0 Å². The maximum atomic E-state index is 10.7. The van der Waals surface area contributed by atoms with Gasteiger partial charge in [0.05, 0.1) is 0 Å². The molecule has 0 saturated carbocycles. The van der Waals surface area contributed by atoms with Crippen molar-refractivity contribution in [2.75, 3.05) is 6.61 Å². The number of carboxylic acid groups (broad SMARTS) is 1. The van der Waals surface area contributed by atoms with E-state index in [9.17, 15) is 9.90 Å². The number of aromatic hydroxyl groups is 1. The lowest BCUT2D eigenvalue weighted by Crippen LogP contribution is -2.01. The average Bonchev–Trinajstić information content (AvgIpc) is 2.10. The SMILES string of the molecule is C.Cc1cc(CCO)c(O)c(C(=O)O)c1. The van der Waals surface area contributed by atoms with Crippen LogP contribution in [0.4, 0.5) is 0 Å². The van der Waals surface area contributed by atoms with Crippen molar-refractivity contribution in [3.63, 3.8) is 0 Å². The van der Waals surface area contributed by atoms with Crippen LogP contribution < -0.4 is 0 Å². The van der Waals surface area contributed by atoms with E-state index < -0.39 is 5.97 Å². The van der Waals surface area contributed by atoms with Gasteiger partial charge in [-0.3, -0.25) is 0 Å². The highest BCUT2D eigenvalue weighted by molar-refractivity contribution is 5.91. The third kappa shape index (κ3) is 2.95. The van der Waals surface area contributed by atoms with Gasteiger partial charge in [-0.1, -0.05) is 13.5 Å². The molecule has 0 unspecified atom stereocenters. The highest BCUT2D eigenvalue weighted by atomic mass is 16.4. The Hall–Kier alpha value is -1.55. The Bertz CT molecular complexity index is 358. The molecule has 0 saturated heterocycles. The first-order valence-electron chi connectivity index (χ1n) is 4.23. The smallest absolute Gasteiger partial charge is 0.339 e. The molecule has 0 aromatic heterocycles. The summed E-state index contributed by atoms with van der Waals surface area (Å²) in [5.74, 6) is -1.41. The number of aryl methyl sites for hydroxylation is 1. The van der Waals surface area contributed by atoms with E-state index in [1.54, 1.807) is 13.0 Å². The molecule has 4 nitrogen and oxygen atoms in total. The van der Waals surface area contributed by atoms with Crippen LogP contribution in [0, 0.1) is 6.92 Å². The molecule has 1 rings (SSSR count). The molecule has 84 valence electrons. The molecular weight excluding hydrogens is 196 g/mol. The Labute approximate surface area is 88.8 Å². The van der Waals surface area contributed by atoms with Crippen LogP contribution in [0.15, 0.2) is 12.1 Å². The largest absolute Gasteiger partial charge is 0.507 e. The van der Waals surface area contributed by atoms with Crippen molar-refractivity contribution in [2.45, 2.75) is 20.8 Å². The molecule has 0 fully saturated rings. The highest BCUT2D eigenvalue weighted by Gasteiger charge is 2.13. The number of rotatable bonds is 3. The van der Waals surface area contributed by atoms with Gasteiger partial charge in [0, 0.05) is 6.61 Å². The zero-order chi connectivity index (χ0) is 10.7. The average molecular weight is 212 g/mol. The molecule has 0 heterocycles. The van der Waals surface area contributed by atoms with Crippen molar-refractivity contribution in [3.05, 3.63) is 28.8 Å². The number of carbonyl (C=O) groups is 1. The minimum atomic E-state index is -1.16. The first kappa shape index (κ1) is 13.4. The van der Waals surface area contributed by atoms with Gasteiger partial charge in [-0.25, -0.2) is 4.79 Å². The summed E-state index contributed by atoms with van der Waals surface area (Å²) in [5, 5.41) is 27.0. The van der Waals surface area contributed by atoms with E-state index in [4.69, 9.17) is 10.2 Å². The second-order valence-corrected chi connectivity index (χ2v) is 3.10. The number of carboxylic acids is 1. The monoisotopic (exact) mass is 212 g/mol. The maximum absolute atomic E-state index is 10.7. The normalized spacial score (nSPS) is 9.47. The van der Waals surface area contributed by atoms with Crippen LogP contribution in [0.1, 0.15) is 28.9 Å². The van der Waals surface area contributed by atoms with Gasteiger partial charge in [0.2, 0.25) is 0 Å². The van der Waals surface area contributed by atoms with Crippen molar-refractivity contribution in [1.29, 1.82) is 0 Å². The predicted octanol–water partition coefficient (Wildman–Crippen LogP) is 1.57. The first-order chi connectivity index (χ1) is 6.56. The lowest BCUT2D eigenvalue weighted by molar-refractivity contribution is 0.0693. The van der Waals surface area contributed by atoms with E-state index in [2.05, 4.69) is 0 Å². The molecule has 0 atom stereocenters. The Morgan fingerprint density at radius 2 is 2.00 bits per heavy atom. The maximum Gasteiger partial charge on any atom is 0.339 e. The minimum absolute atomic E-state index is 0. The molecule has 0 aliphatic carbocycles. The number of hydrogen-bond acceptors (Lipinski definition) is 3. The van der Waals surface area contributed by atoms with Crippen LogP contribution in [0.25, 0.3) is 0 Å². The third-order valence-corrected chi connectivity index (χ3v) is 1.94. The van der Waals surface area contributed by atoms with Crippen molar-refractivity contribution in [1.82, 2.24) is 0 Å². The van der Waals surface area contributed by atoms with Crippen LogP contribution in [-0.2, 0) is 6.42 Å². The summed E-state index contributed by atoms with van der Waals surface area (Å²) in [5.41, 5.74) is 1.10.